The number of esters is 1. The molecule has 0 radical (unpaired) electrons. The molecule has 1 amide bonds. The largest absolute Gasteiger partial charge is 0.466 e. The Bertz CT molecular complexity index is 656. The quantitative estimate of drug-likeness (QED) is 0.595. The maximum Gasteiger partial charge on any atom is 0.357 e. The molecule has 1 aromatic rings. The molecule has 3 rings (SSSR count). The van der Waals surface area contributed by atoms with Gasteiger partial charge in [-0.05, 0) is 31.3 Å². The molecular formula is C15H16N4O3. The summed E-state index contributed by atoms with van der Waals surface area (Å²) < 4.78 is 4.91. The molecule has 7 heteroatoms. The second kappa shape index (κ2) is 5.00. The predicted octanol–water partition coefficient (Wildman–Crippen LogP) is -0.322. The summed E-state index contributed by atoms with van der Waals surface area (Å²) in [6, 6.07) is 8.89. The van der Waals surface area contributed by atoms with Gasteiger partial charge in [0.2, 0.25) is 0 Å². The molecule has 2 unspecified atom stereocenters. The van der Waals surface area contributed by atoms with E-state index in [9.17, 15) is 9.59 Å². The van der Waals surface area contributed by atoms with E-state index < -0.39 is 11.6 Å². The first-order valence-electron chi connectivity index (χ1n) is 6.93. The first-order valence-corrected chi connectivity index (χ1v) is 6.93. The van der Waals surface area contributed by atoms with Gasteiger partial charge in [0.25, 0.3) is 11.6 Å². The maximum absolute atomic E-state index is 12.5. The third-order valence-electron chi connectivity index (χ3n) is 4.44. The molecular weight excluding hydrogens is 284 g/mol. The Morgan fingerprint density at radius 2 is 2.14 bits per heavy atom. The van der Waals surface area contributed by atoms with E-state index >= 15 is 0 Å². The molecule has 0 saturated carbocycles. The molecule has 1 N–H and O–H groups in total. The standard InChI is InChI=1S/C15H16N4O3/c1-18-12-8-17-13(20)15(18,14(21)22-2)19(9-12)11-5-3-10(7-16)4-6-11/h3-6,12H,8-9H2,1-2H3,(H,17,20). The SMILES string of the molecule is COC(=O)C12C(=O)NCC(CN1c1ccc(C#N)cc1)N2C. The number of hydrogen-bond acceptors (Lipinski definition) is 6. The summed E-state index contributed by atoms with van der Waals surface area (Å²) in [4.78, 5) is 28.5. The molecule has 2 atom stereocenters. The van der Waals surface area contributed by atoms with Crippen molar-refractivity contribution in [2.75, 3.05) is 32.1 Å². The number of amides is 1. The van der Waals surface area contributed by atoms with Crippen molar-refractivity contribution in [3.8, 4) is 6.07 Å². The van der Waals surface area contributed by atoms with Gasteiger partial charge in [0.05, 0.1) is 18.7 Å². The van der Waals surface area contributed by atoms with Gasteiger partial charge in [-0.2, -0.15) is 5.26 Å². The summed E-state index contributed by atoms with van der Waals surface area (Å²) >= 11 is 0. The van der Waals surface area contributed by atoms with Gasteiger partial charge in [-0.1, -0.05) is 0 Å². The van der Waals surface area contributed by atoms with Crippen LogP contribution in [0.15, 0.2) is 24.3 Å². The average Bonchev–Trinajstić information content (AvgIpc) is 2.75. The Hall–Kier alpha value is -2.59. The minimum absolute atomic E-state index is 0.0208. The fraction of sp³-hybridized carbons (Fsp3) is 0.400. The Morgan fingerprint density at radius 1 is 1.45 bits per heavy atom. The molecule has 2 fully saturated rings. The van der Waals surface area contributed by atoms with E-state index in [-0.39, 0.29) is 11.9 Å². The van der Waals surface area contributed by atoms with Crippen LogP contribution in [0.3, 0.4) is 0 Å². The van der Waals surface area contributed by atoms with Crippen LogP contribution in [-0.4, -0.2) is 55.7 Å². The molecule has 0 aliphatic carbocycles. The van der Waals surface area contributed by atoms with Gasteiger partial charge in [0, 0.05) is 24.8 Å². The Morgan fingerprint density at radius 3 is 2.73 bits per heavy atom. The molecule has 2 saturated heterocycles. The number of likely N-dealkylation sites (N-methyl/N-ethyl adjacent to an activating group) is 1. The molecule has 0 spiro atoms. The van der Waals surface area contributed by atoms with Crippen LogP contribution < -0.4 is 10.2 Å². The first kappa shape index (κ1) is 14.4. The van der Waals surface area contributed by atoms with Crippen molar-refractivity contribution >= 4 is 17.6 Å². The molecule has 2 aliphatic heterocycles. The predicted molar refractivity (Wildman–Crippen MR) is 77.8 cm³/mol. The zero-order valence-corrected chi connectivity index (χ0v) is 12.4. The van der Waals surface area contributed by atoms with Gasteiger partial charge in [0.1, 0.15) is 0 Å². The van der Waals surface area contributed by atoms with Gasteiger partial charge >= 0.3 is 5.97 Å². The highest BCUT2D eigenvalue weighted by molar-refractivity contribution is 6.11. The summed E-state index contributed by atoms with van der Waals surface area (Å²) in [5.74, 6) is -1.00. The average molecular weight is 300 g/mol. The number of methoxy groups -OCH3 is 1. The van der Waals surface area contributed by atoms with Crippen LogP contribution in [0.25, 0.3) is 0 Å². The minimum atomic E-state index is -1.49. The van der Waals surface area contributed by atoms with Gasteiger partial charge in [-0.15, -0.1) is 0 Å². The Labute approximate surface area is 128 Å². The lowest BCUT2D eigenvalue weighted by Crippen LogP contribution is -2.71. The number of nitriles is 1. The lowest BCUT2D eigenvalue weighted by Gasteiger charge is -2.41. The first-order chi connectivity index (χ1) is 10.6. The number of anilines is 1. The lowest BCUT2D eigenvalue weighted by atomic mass is 10.0. The van der Waals surface area contributed by atoms with E-state index in [1.807, 2.05) is 0 Å². The number of carbonyl (C=O) groups is 2. The highest BCUT2D eigenvalue weighted by Gasteiger charge is 2.64. The highest BCUT2D eigenvalue weighted by Crippen LogP contribution is 2.37. The van der Waals surface area contributed by atoms with Crippen LogP contribution in [-0.2, 0) is 14.3 Å². The Kier molecular flexibility index (Phi) is 3.26. The number of benzene rings is 1. The van der Waals surface area contributed by atoms with Gasteiger partial charge < -0.3 is 15.0 Å². The van der Waals surface area contributed by atoms with Crippen molar-refractivity contribution in [2.24, 2.45) is 0 Å². The summed E-state index contributed by atoms with van der Waals surface area (Å²) in [6.45, 7) is 1.01. The fourth-order valence-corrected chi connectivity index (χ4v) is 3.24. The third kappa shape index (κ3) is 1.71. The van der Waals surface area contributed by atoms with E-state index in [1.54, 1.807) is 41.1 Å². The number of ether oxygens (including phenoxy) is 1. The Balaban J connectivity index is 2.11. The van der Waals surface area contributed by atoms with E-state index in [2.05, 4.69) is 11.4 Å². The van der Waals surface area contributed by atoms with Gasteiger partial charge in [0.15, 0.2) is 0 Å². The van der Waals surface area contributed by atoms with Crippen molar-refractivity contribution in [3.05, 3.63) is 29.8 Å². The van der Waals surface area contributed by atoms with Crippen molar-refractivity contribution in [1.29, 1.82) is 5.26 Å². The molecule has 2 bridgehead atoms. The molecule has 0 aromatic heterocycles. The van der Waals surface area contributed by atoms with E-state index in [1.165, 1.54) is 7.11 Å². The van der Waals surface area contributed by atoms with Gasteiger partial charge in [-0.3, -0.25) is 9.69 Å². The molecule has 1 aromatic carbocycles. The van der Waals surface area contributed by atoms with E-state index in [0.29, 0.717) is 24.3 Å². The molecule has 2 heterocycles. The van der Waals surface area contributed by atoms with Crippen LogP contribution in [0, 0.1) is 11.3 Å². The smallest absolute Gasteiger partial charge is 0.357 e. The van der Waals surface area contributed by atoms with E-state index in [0.717, 1.165) is 0 Å². The molecule has 22 heavy (non-hydrogen) atoms. The number of rotatable bonds is 2. The summed E-state index contributed by atoms with van der Waals surface area (Å²) in [7, 11) is 3.03. The number of fused-ring (bicyclic) bond motifs is 2. The van der Waals surface area contributed by atoms with Crippen LogP contribution in [0.4, 0.5) is 5.69 Å². The topological polar surface area (TPSA) is 85.7 Å². The molecule has 114 valence electrons. The fourth-order valence-electron chi connectivity index (χ4n) is 3.24. The summed E-state index contributed by atoms with van der Waals surface area (Å²) in [5, 5.41) is 11.7. The summed E-state index contributed by atoms with van der Waals surface area (Å²) in [6.07, 6.45) is 0. The normalized spacial score (nSPS) is 27.2. The zero-order valence-electron chi connectivity index (χ0n) is 12.4. The number of hydrogen-bond donors (Lipinski definition) is 1. The number of nitrogens with zero attached hydrogens (tertiary/aromatic N) is 3. The van der Waals surface area contributed by atoms with Crippen LogP contribution in [0.1, 0.15) is 5.56 Å². The number of carbonyl (C=O) groups excluding carboxylic acids is 2. The van der Waals surface area contributed by atoms with Crippen molar-refractivity contribution in [3.63, 3.8) is 0 Å². The van der Waals surface area contributed by atoms with Crippen molar-refractivity contribution < 1.29 is 14.3 Å². The second-order valence-corrected chi connectivity index (χ2v) is 5.41. The number of nitrogens with one attached hydrogen (secondary N) is 1. The lowest BCUT2D eigenvalue weighted by molar-refractivity contribution is -0.161. The number of piperazine rings is 1. The zero-order chi connectivity index (χ0) is 15.9. The van der Waals surface area contributed by atoms with Gasteiger partial charge in [-0.25, -0.2) is 4.79 Å². The van der Waals surface area contributed by atoms with E-state index in [4.69, 9.17) is 10.00 Å². The molecule has 2 aliphatic rings. The monoisotopic (exact) mass is 300 g/mol. The summed E-state index contributed by atoms with van der Waals surface area (Å²) in [5.41, 5.74) is -0.266. The van der Waals surface area contributed by atoms with Crippen LogP contribution in [0.2, 0.25) is 0 Å². The third-order valence-corrected chi connectivity index (χ3v) is 4.44. The van der Waals surface area contributed by atoms with Crippen molar-refractivity contribution in [1.82, 2.24) is 10.2 Å². The highest BCUT2D eigenvalue weighted by atomic mass is 16.5. The minimum Gasteiger partial charge on any atom is -0.466 e. The molecule has 7 nitrogen and oxygen atoms in total. The van der Waals surface area contributed by atoms with Crippen LogP contribution in [0.5, 0.6) is 0 Å². The van der Waals surface area contributed by atoms with Crippen molar-refractivity contribution in [2.45, 2.75) is 11.7 Å². The maximum atomic E-state index is 12.5. The second-order valence-electron chi connectivity index (χ2n) is 5.41. The van der Waals surface area contributed by atoms with Crippen LogP contribution >= 0.6 is 0 Å².